The number of nitrogens with zero attached hydrogens (tertiary/aromatic N) is 2. The van der Waals surface area contributed by atoms with Crippen molar-refractivity contribution in [2.24, 2.45) is 5.92 Å². The van der Waals surface area contributed by atoms with E-state index in [9.17, 15) is 4.79 Å². The van der Waals surface area contributed by atoms with Crippen LogP contribution in [-0.2, 0) is 4.79 Å². The van der Waals surface area contributed by atoms with Gasteiger partial charge in [-0.15, -0.1) is 0 Å². The van der Waals surface area contributed by atoms with Gasteiger partial charge in [-0.3, -0.25) is 9.78 Å². The van der Waals surface area contributed by atoms with Gasteiger partial charge in [0.05, 0.1) is 19.0 Å². The van der Waals surface area contributed by atoms with Gasteiger partial charge < -0.3 is 15.2 Å². The van der Waals surface area contributed by atoms with Crippen molar-refractivity contribution in [3.63, 3.8) is 0 Å². The predicted molar refractivity (Wildman–Crippen MR) is 65.6 cm³/mol. The molecule has 18 heavy (non-hydrogen) atoms. The molecule has 2 N–H and O–H groups in total. The summed E-state index contributed by atoms with van der Waals surface area (Å²) in [6.45, 7) is 0.484. The minimum Gasteiger partial charge on any atom is -0.480 e. The first-order chi connectivity index (χ1) is 8.74. The summed E-state index contributed by atoms with van der Waals surface area (Å²) in [4.78, 5) is 18.5. The van der Waals surface area contributed by atoms with Crippen molar-refractivity contribution in [1.82, 2.24) is 9.97 Å². The van der Waals surface area contributed by atoms with Gasteiger partial charge in [-0.1, -0.05) is 12.8 Å². The van der Waals surface area contributed by atoms with E-state index in [1.165, 1.54) is 31.9 Å². The van der Waals surface area contributed by atoms with Crippen molar-refractivity contribution in [3.8, 4) is 5.88 Å². The van der Waals surface area contributed by atoms with Crippen LogP contribution in [0.3, 0.4) is 0 Å². The molecule has 0 saturated heterocycles. The Hall–Kier alpha value is -1.85. The Morgan fingerprint density at radius 1 is 1.44 bits per heavy atom. The number of aliphatic carboxylic acids is 1. The number of carboxylic acids is 1. The molecule has 0 bridgehead atoms. The molecule has 1 aromatic heterocycles. The zero-order valence-corrected chi connectivity index (χ0v) is 10.1. The molecular formula is C12H17N3O3. The maximum atomic E-state index is 10.4. The molecule has 0 unspecified atom stereocenters. The van der Waals surface area contributed by atoms with Gasteiger partial charge in [0.1, 0.15) is 12.4 Å². The molecule has 1 heterocycles. The number of hydrogen-bond acceptors (Lipinski definition) is 5. The SMILES string of the molecule is O=C(O)CNc1cncc(OCC2CCCC2)n1. The molecule has 1 aliphatic carbocycles. The van der Waals surface area contributed by atoms with Crippen molar-refractivity contribution >= 4 is 11.8 Å². The molecule has 6 nitrogen and oxygen atoms in total. The maximum Gasteiger partial charge on any atom is 0.322 e. The number of aromatic nitrogens is 2. The van der Waals surface area contributed by atoms with Crippen molar-refractivity contribution < 1.29 is 14.6 Å². The fraction of sp³-hybridized carbons (Fsp3) is 0.583. The summed E-state index contributed by atoms with van der Waals surface area (Å²) < 4.78 is 5.58. The summed E-state index contributed by atoms with van der Waals surface area (Å²) in [5, 5.41) is 11.2. The van der Waals surface area contributed by atoms with Crippen molar-refractivity contribution in [2.75, 3.05) is 18.5 Å². The van der Waals surface area contributed by atoms with Crippen LogP contribution in [0, 0.1) is 5.92 Å². The molecule has 0 radical (unpaired) electrons. The summed E-state index contributed by atoms with van der Waals surface area (Å²) >= 11 is 0. The largest absolute Gasteiger partial charge is 0.480 e. The number of ether oxygens (including phenoxy) is 1. The molecule has 1 aliphatic rings. The summed E-state index contributed by atoms with van der Waals surface area (Å²) in [5.41, 5.74) is 0. The van der Waals surface area contributed by atoms with E-state index in [2.05, 4.69) is 15.3 Å². The normalized spacial score (nSPS) is 15.6. The topological polar surface area (TPSA) is 84.3 Å². The Morgan fingerprint density at radius 2 is 2.22 bits per heavy atom. The lowest BCUT2D eigenvalue weighted by Gasteiger charge is -2.11. The average Bonchev–Trinajstić information content (AvgIpc) is 2.87. The van der Waals surface area contributed by atoms with Gasteiger partial charge in [0.15, 0.2) is 0 Å². The minimum absolute atomic E-state index is 0.180. The van der Waals surface area contributed by atoms with Crippen LogP contribution in [-0.4, -0.2) is 34.2 Å². The molecule has 1 saturated carbocycles. The predicted octanol–water partition coefficient (Wildman–Crippen LogP) is 1.54. The Kier molecular flexibility index (Phi) is 4.33. The Morgan fingerprint density at radius 3 is 2.94 bits per heavy atom. The summed E-state index contributed by atoms with van der Waals surface area (Å²) in [7, 11) is 0. The number of carboxylic acid groups (broad SMARTS) is 1. The third-order valence-electron chi connectivity index (χ3n) is 2.97. The second-order valence-electron chi connectivity index (χ2n) is 4.45. The van der Waals surface area contributed by atoms with Gasteiger partial charge in [0.2, 0.25) is 5.88 Å². The van der Waals surface area contributed by atoms with Crippen LogP contribution in [0.4, 0.5) is 5.82 Å². The molecular weight excluding hydrogens is 234 g/mol. The zero-order chi connectivity index (χ0) is 12.8. The molecule has 1 aromatic rings. The van der Waals surface area contributed by atoms with Crippen LogP contribution in [0.1, 0.15) is 25.7 Å². The standard InChI is InChI=1S/C12H17N3O3/c16-12(17)7-14-10-5-13-6-11(15-10)18-8-9-3-1-2-4-9/h5-6,9H,1-4,7-8H2,(H,14,15)(H,16,17). The quantitative estimate of drug-likeness (QED) is 0.797. The van der Waals surface area contributed by atoms with Gasteiger partial charge >= 0.3 is 5.97 Å². The molecule has 98 valence electrons. The van der Waals surface area contributed by atoms with Crippen molar-refractivity contribution in [1.29, 1.82) is 0 Å². The van der Waals surface area contributed by atoms with Crippen LogP contribution < -0.4 is 10.1 Å². The Labute approximate surface area is 105 Å². The van der Waals surface area contributed by atoms with Crippen LogP contribution in [0.25, 0.3) is 0 Å². The van der Waals surface area contributed by atoms with E-state index in [4.69, 9.17) is 9.84 Å². The summed E-state index contributed by atoms with van der Waals surface area (Å²) in [5.74, 6) is 0.537. The van der Waals surface area contributed by atoms with E-state index < -0.39 is 5.97 Å². The fourth-order valence-corrected chi connectivity index (χ4v) is 2.05. The Balaban J connectivity index is 1.84. The molecule has 0 atom stereocenters. The lowest BCUT2D eigenvalue weighted by atomic mass is 10.1. The first-order valence-electron chi connectivity index (χ1n) is 6.14. The highest BCUT2D eigenvalue weighted by Gasteiger charge is 2.15. The minimum atomic E-state index is -0.936. The van der Waals surface area contributed by atoms with E-state index in [0.717, 1.165) is 0 Å². The molecule has 1 fully saturated rings. The van der Waals surface area contributed by atoms with Crippen molar-refractivity contribution in [3.05, 3.63) is 12.4 Å². The van der Waals surface area contributed by atoms with Gasteiger partial charge in [0.25, 0.3) is 0 Å². The number of hydrogen-bond donors (Lipinski definition) is 2. The van der Waals surface area contributed by atoms with Crippen LogP contribution in [0.5, 0.6) is 5.88 Å². The van der Waals surface area contributed by atoms with Gasteiger partial charge in [0, 0.05) is 0 Å². The number of anilines is 1. The second kappa shape index (κ2) is 6.18. The van der Waals surface area contributed by atoms with Gasteiger partial charge in [-0.2, -0.15) is 4.98 Å². The number of rotatable bonds is 6. The number of carbonyl (C=O) groups is 1. The molecule has 6 heteroatoms. The summed E-state index contributed by atoms with van der Waals surface area (Å²) in [6, 6.07) is 0. The van der Waals surface area contributed by atoms with E-state index in [1.54, 1.807) is 6.20 Å². The third kappa shape index (κ3) is 3.87. The molecule has 0 spiro atoms. The van der Waals surface area contributed by atoms with E-state index in [1.807, 2.05) is 0 Å². The van der Waals surface area contributed by atoms with E-state index >= 15 is 0 Å². The van der Waals surface area contributed by atoms with Gasteiger partial charge in [-0.25, -0.2) is 0 Å². The average molecular weight is 251 g/mol. The first kappa shape index (κ1) is 12.6. The Bertz CT molecular complexity index is 405. The lowest BCUT2D eigenvalue weighted by molar-refractivity contribution is -0.134. The zero-order valence-electron chi connectivity index (χ0n) is 10.1. The smallest absolute Gasteiger partial charge is 0.322 e. The highest BCUT2D eigenvalue weighted by Crippen LogP contribution is 2.25. The van der Waals surface area contributed by atoms with Crippen LogP contribution in [0.15, 0.2) is 12.4 Å². The van der Waals surface area contributed by atoms with Crippen molar-refractivity contribution in [2.45, 2.75) is 25.7 Å². The van der Waals surface area contributed by atoms with Crippen LogP contribution in [0.2, 0.25) is 0 Å². The lowest BCUT2D eigenvalue weighted by Crippen LogP contribution is -2.14. The fourth-order valence-electron chi connectivity index (χ4n) is 2.05. The second-order valence-corrected chi connectivity index (χ2v) is 4.45. The molecule has 0 aliphatic heterocycles. The maximum absolute atomic E-state index is 10.4. The first-order valence-corrected chi connectivity index (χ1v) is 6.14. The molecule has 0 aromatic carbocycles. The van der Waals surface area contributed by atoms with E-state index in [0.29, 0.717) is 24.2 Å². The monoisotopic (exact) mass is 251 g/mol. The summed E-state index contributed by atoms with van der Waals surface area (Å²) in [6.07, 6.45) is 8.00. The highest BCUT2D eigenvalue weighted by molar-refractivity contribution is 5.72. The number of nitrogens with one attached hydrogen (secondary N) is 1. The molecule has 2 rings (SSSR count). The third-order valence-corrected chi connectivity index (χ3v) is 2.97. The highest BCUT2D eigenvalue weighted by atomic mass is 16.5. The molecule has 0 amide bonds. The van der Waals surface area contributed by atoms with Gasteiger partial charge in [-0.05, 0) is 18.8 Å². The van der Waals surface area contributed by atoms with Crippen LogP contribution >= 0.6 is 0 Å². The van der Waals surface area contributed by atoms with E-state index in [-0.39, 0.29) is 6.54 Å².